The summed E-state index contributed by atoms with van der Waals surface area (Å²) in [5.41, 5.74) is 1.39. The lowest BCUT2D eigenvalue weighted by atomic mass is 9.83. The Morgan fingerprint density at radius 3 is 2.63 bits per heavy atom. The molecule has 0 bridgehead atoms. The number of hydrogen-bond acceptors (Lipinski definition) is 4. The molecule has 0 saturated heterocycles. The Morgan fingerprint density at radius 2 is 2.00 bits per heavy atom. The second kappa shape index (κ2) is 11.3. The molecule has 0 atom stereocenters. The number of nitrogens with one attached hydrogen (secondary N) is 2. The third-order valence-corrected chi connectivity index (χ3v) is 5.91. The van der Waals surface area contributed by atoms with E-state index >= 15 is 0 Å². The Labute approximate surface area is 164 Å². The van der Waals surface area contributed by atoms with Gasteiger partial charge in [-0.25, -0.2) is 0 Å². The molecule has 6 heteroatoms. The Morgan fingerprint density at radius 1 is 1.26 bits per heavy atom. The summed E-state index contributed by atoms with van der Waals surface area (Å²) in [6.45, 7) is 9.62. The molecule has 1 heterocycles. The van der Waals surface area contributed by atoms with E-state index in [1.54, 1.807) is 0 Å². The molecule has 0 unspecified atom stereocenters. The summed E-state index contributed by atoms with van der Waals surface area (Å²) in [4.78, 5) is 4.37. The van der Waals surface area contributed by atoms with E-state index in [4.69, 9.17) is 9.26 Å². The lowest BCUT2D eigenvalue weighted by Crippen LogP contribution is -2.43. The van der Waals surface area contributed by atoms with Crippen molar-refractivity contribution in [3.63, 3.8) is 0 Å². The highest BCUT2D eigenvalue weighted by atomic mass is 16.5. The van der Waals surface area contributed by atoms with Crippen molar-refractivity contribution < 1.29 is 9.26 Å². The third-order valence-electron chi connectivity index (χ3n) is 5.91. The molecule has 1 fully saturated rings. The van der Waals surface area contributed by atoms with Gasteiger partial charge in [0.15, 0.2) is 11.7 Å². The van der Waals surface area contributed by atoms with Crippen LogP contribution in [0.4, 0.5) is 0 Å². The van der Waals surface area contributed by atoms with Gasteiger partial charge >= 0.3 is 0 Å². The van der Waals surface area contributed by atoms with Gasteiger partial charge in [0, 0.05) is 38.8 Å². The molecule has 1 saturated carbocycles. The van der Waals surface area contributed by atoms with Gasteiger partial charge in [-0.3, -0.25) is 4.99 Å². The van der Waals surface area contributed by atoms with E-state index in [0.29, 0.717) is 17.9 Å². The minimum Gasteiger partial charge on any atom is -0.382 e. The van der Waals surface area contributed by atoms with Crippen LogP contribution in [0.2, 0.25) is 0 Å². The number of guanidine groups is 1. The Hall–Kier alpha value is -1.56. The van der Waals surface area contributed by atoms with Crippen molar-refractivity contribution >= 4 is 5.96 Å². The fraction of sp³-hybridized carbons (Fsp3) is 0.810. The molecule has 1 aliphatic rings. The van der Waals surface area contributed by atoms with E-state index in [1.165, 1.54) is 25.7 Å². The lowest BCUT2D eigenvalue weighted by molar-refractivity contribution is 0.105. The van der Waals surface area contributed by atoms with Gasteiger partial charge in [-0.2, -0.15) is 0 Å². The first-order valence-corrected chi connectivity index (χ1v) is 10.6. The van der Waals surface area contributed by atoms with Crippen molar-refractivity contribution in [1.29, 1.82) is 0 Å². The van der Waals surface area contributed by atoms with Crippen LogP contribution < -0.4 is 10.6 Å². The first-order chi connectivity index (χ1) is 13.2. The van der Waals surface area contributed by atoms with Gasteiger partial charge < -0.3 is 19.9 Å². The maximum Gasteiger partial charge on any atom is 0.191 e. The van der Waals surface area contributed by atoms with Gasteiger partial charge in [0.1, 0.15) is 0 Å². The average molecular weight is 379 g/mol. The summed E-state index contributed by atoms with van der Waals surface area (Å²) in [6.07, 6.45) is 8.46. The number of rotatable bonds is 11. The summed E-state index contributed by atoms with van der Waals surface area (Å²) in [6, 6.07) is 2.07. The van der Waals surface area contributed by atoms with Crippen LogP contribution in [0.25, 0.3) is 0 Å². The zero-order valence-electron chi connectivity index (χ0n) is 17.6. The predicted octanol–water partition coefficient (Wildman–Crippen LogP) is 4.23. The normalized spacial score (nSPS) is 16.9. The second-order valence-electron chi connectivity index (χ2n) is 7.66. The number of aliphatic imine (C=N–C) groups is 1. The van der Waals surface area contributed by atoms with Crippen molar-refractivity contribution in [3.8, 4) is 0 Å². The monoisotopic (exact) mass is 378 g/mol. The Bertz CT molecular complexity index is 560. The molecule has 0 amide bonds. The van der Waals surface area contributed by atoms with Crippen molar-refractivity contribution in [2.24, 2.45) is 10.4 Å². The molecule has 1 aliphatic carbocycles. The zero-order valence-corrected chi connectivity index (χ0v) is 17.6. The third kappa shape index (κ3) is 6.52. The van der Waals surface area contributed by atoms with Crippen LogP contribution in [0.5, 0.6) is 0 Å². The largest absolute Gasteiger partial charge is 0.382 e. The van der Waals surface area contributed by atoms with E-state index in [2.05, 4.69) is 47.6 Å². The Kier molecular flexibility index (Phi) is 9.11. The molecule has 0 radical (unpaired) electrons. The van der Waals surface area contributed by atoms with Crippen molar-refractivity contribution in [2.45, 2.75) is 78.2 Å². The minimum atomic E-state index is 0.335. The van der Waals surface area contributed by atoms with Crippen molar-refractivity contribution in [2.75, 3.05) is 26.8 Å². The molecular weight excluding hydrogens is 340 g/mol. The van der Waals surface area contributed by atoms with Gasteiger partial charge in [0.25, 0.3) is 0 Å². The van der Waals surface area contributed by atoms with E-state index in [1.807, 2.05) is 7.05 Å². The highest BCUT2D eigenvalue weighted by molar-refractivity contribution is 5.79. The van der Waals surface area contributed by atoms with Gasteiger partial charge in [-0.05, 0) is 44.4 Å². The zero-order chi connectivity index (χ0) is 19.5. The molecule has 1 aromatic heterocycles. The first kappa shape index (κ1) is 21.7. The molecule has 1 aromatic rings. The van der Waals surface area contributed by atoms with Gasteiger partial charge in [-0.1, -0.05) is 31.8 Å². The average Bonchev–Trinajstić information content (AvgIpc) is 3.34. The molecule has 2 rings (SSSR count). The molecule has 0 spiro atoms. The highest BCUT2D eigenvalue weighted by Gasteiger charge is 2.33. The quantitative estimate of drug-likeness (QED) is 0.342. The topological polar surface area (TPSA) is 71.7 Å². The molecule has 0 aliphatic heterocycles. The highest BCUT2D eigenvalue weighted by Crippen LogP contribution is 2.40. The number of nitrogens with zero attached hydrogens (tertiary/aromatic N) is 2. The maximum atomic E-state index is 5.61. The van der Waals surface area contributed by atoms with Crippen molar-refractivity contribution in [3.05, 3.63) is 17.5 Å². The molecule has 6 nitrogen and oxygen atoms in total. The van der Waals surface area contributed by atoms with Crippen LogP contribution in [-0.4, -0.2) is 37.9 Å². The van der Waals surface area contributed by atoms with Crippen LogP contribution in [0, 0.1) is 5.41 Å². The number of hydrogen-bond donors (Lipinski definition) is 2. The second-order valence-corrected chi connectivity index (χ2v) is 7.66. The SMILES string of the molecule is CCOCCC1(CNC(=NC)NCc2cc(C(CC)CC)no2)CCCC1. The van der Waals surface area contributed by atoms with Crippen LogP contribution >= 0.6 is 0 Å². The minimum absolute atomic E-state index is 0.335. The summed E-state index contributed by atoms with van der Waals surface area (Å²) < 4.78 is 11.1. The van der Waals surface area contributed by atoms with Gasteiger partial charge in [-0.15, -0.1) is 0 Å². The van der Waals surface area contributed by atoms with Gasteiger partial charge in [0.05, 0.1) is 12.2 Å². The predicted molar refractivity (Wildman–Crippen MR) is 110 cm³/mol. The summed E-state index contributed by atoms with van der Waals surface area (Å²) in [5.74, 6) is 2.15. The molecule has 2 N–H and O–H groups in total. The van der Waals surface area contributed by atoms with E-state index in [9.17, 15) is 0 Å². The van der Waals surface area contributed by atoms with E-state index in [0.717, 1.165) is 56.4 Å². The Balaban J connectivity index is 1.83. The number of ether oxygens (including phenoxy) is 1. The summed E-state index contributed by atoms with van der Waals surface area (Å²) >= 11 is 0. The molecule has 154 valence electrons. The van der Waals surface area contributed by atoms with Gasteiger partial charge in [0.2, 0.25) is 0 Å². The molecule has 27 heavy (non-hydrogen) atoms. The first-order valence-electron chi connectivity index (χ1n) is 10.6. The summed E-state index contributed by atoms with van der Waals surface area (Å²) in [5, 5.41) is 11.1. The van der Waals surface area contributed by atoms with Crippen LogP contribution in [0.1, 0.15) is 83.1 Å². The maximum absolute atomic E-state index is 5.61. The van der Waals surface area contributed by atoms with Crippen LogP contribution in [0.15, 0.2) is 15.6 Å². The molecule has 0 aromatic carbocycles. The van der Waals surface area contributed by atoms with Crippen LogP contribution in [-0.2, 0) is 11.3 Å². The van der Waals surface area contributed by atoms with Crippen molar-refractivity contribution in [1.82, 2.24) is 15.8 Å². The van der Waals surface area contributed by atoms with E-state index in [-0.39, 0.29) is 0 Å². The smallest absolute Gasteiger partial charge is 0.191 e. The fourth-order valence-electron chi connectivity index (χ4n) is 4.05. The standard InChI is InChI=1S/C21H38N4O2/c1-5-17(6-2)19-14-18(27-25-19)15-23-20(22-4)24-16-21(10-8-9-11-21)12-13-26-7-3/h14,17H,5-13,15-16H2,1-4H3,(H2,22,23,24). The lowest BCUT2D eigenvalue weighted by Gasteiger charge is -2.30. The van der Waals surface area contributed by atoms with Crippen LogP contribution in [0.3, 0.4) is 0 Å². The van der Waals surface area contributed by atoms with E-state index < -0.39 is 0 Å². The fourth-order valence-corrected chi connectivity index (χ4v) is 4.05. The number of aromatic nitrogens is 1. The summed E-state index contributed by atoms with van der Waals surface area (Å²) in [7, 11) is 1.81. The molecular formula is C21H38N4O2.